The van der Waals surface area contributed by atoms with Gasteiger partial charge in [0.25, 0.3) is 5.91 Å². The van der Waals surface area contributed by atoms with Crippen LogP contribution in [-0.2, 0) is 6.54 Å². The molecule has 148 valence electrons. The maximum atomic E-state index is 12.5. The van der Waals surface area contributed by atoms with Gasteiger partial charge in [-0.05, 0) is 43.0 Å². The van der Waals surface area contributed by atoms with Gasteiger partial charge in [0, 0.05) is 50.0 Å². The lowest BCUT2D eigenvalue weighted by Crippen LogP contribution is -2.40. The molecule has 1 N–H and O–H groups in total. The summed E-state index contributed by atoms with van der Waals surface area (Å²) in [5, 5.41) is 3.05. The van der Waals surface area contributed by atoms with Crippen LogP contribution in [-0.4, -0.2) is 45.4 Å². The van der Waals surface area contributed by atoms with Crippen LogP contribution < -0.4 is 5.32 Å². The quantitative estimate of drug-likeness (QED) is 0.703. The Labute approximate surface area is 171 Å². The van der Waals surface area contributed by atoms with Crippen molar-refractivity contribution < 1.29 is 4.79 Å². The van der Waals surface area contributed by atoms with E-state index in [1.54, 1.807) is 24.8 Å². The molecule has 1 aliphatic heterocycles. The summed E-state index contributed by atoms with van der Waals surface area (Å²) in [6, 6.07) is 14.3. The van der Waals surface area contributed by atoms with Gasteiger partial charge < -0.3 is 5.32 Å². The number of likely N-dealkylation sites (tertiary alicyclic amines) is 1. The van der Waals surface area contributed by atoms with Gasteiger partial charge in [-0.2, -0.15) is 0 Å². The van der Waals surface area contributed by atoms with E-state index in [0.717, 1.165) is 38.0 Å². The fourth-order valence-electron chi connectivity index (χ4n) is 3.73. The number of carbonyl (C=O) groups is 1. The number of nitrogens with zero attached hydrogens (tertiary/aromatic N) is 4. The molecule has 4 rings (SSSR count). The molecule has 1 fully saturated rings. The summed E-state index contributed by atoms with van der Waals surface area (Å²) >= 11 is 0. The zero-order valence-electron chi connectivity index (χ0n) is 16.4. The lowest BCUT2D eigenvalue weighted by Gasteiger charge is -2.32. The summed E-state index contributed by atoms with van der Waals surface area (Å²) in [5.41, 5.74) is 2.65. The molecule has 0 saturated carbocycles. The molecule has 3 heterocycles. The lowest BCUT2D eigenvalue weighted by atomic mass is 9.97. The van der Waals surface area contributed by atoms with E-state index in [2.05, 4.69) is 49.4 Å². The number of benzene rings is 1. The summed E-state index contributed by atoms with van der Waals surface area (Å²) in [6.45, 7) is 3.76. The number of pyridine rings is 1. The van der Waals surface area contributed by atoms with Crippen molar-refractivity contribution in [2.45, 2.75) is 19.4 Å². The van der Waals surface area contributed by atoms with E-state index in [1.807, 2.05) is 18.2 Å². The van der Waals surface area contributed by atoms with Crippen LogP contribution in [0.4, 0.5) is 0 Å². The molecular weight excluding hydrogens is 362 g/mol. The van der Waals surface area contributed by atoms with Crippen LogP contribution in [0.3, 0.4) is 0 Å². The second kappa shape index (κ2) is 9.39. The molecular formula is C23H25N5O. The normalized spacial score (nSPS) is 17.0. The Morgan fingerprint density at radius 1 is 1.07 bits per heavy atom. The summed E-state index contributed by atoms with van der Waals surface area (Å²) in [7, 11) is 0. The highest BCUT2D eigenvalue weighted by Crippen LogP contribution is 2.18. The highest BCUT2D eigenvalue weighted by molar-refractivity contribution is 5.93. The fraction of sp³-hybridized carbons (Fsp3) is 0.304. The summed E-state index contributed by atoms with van der Waals surface area (Å²) in [6.07, 6.45) is 8.87. The number of hydrogen-bond donors (Lipinski definition) is 1. The molecule has 29 heavy (non-hydrogen) atoms. The van der Waals surface area contributed by atoms with Crippen molar-refractivity contribution in [1.82, 2.24) is 25.2 Å². The molecule has 6 nitrogen and oxygen atoms in total. The Balaban J connectivity index is 1.29. The predicted molar refractivity (Wildman–Crippen MR) is 112 cm³/mol. The summed E-state index contributed by atoms with van der Waals surface area (Å²) < 4.78 is 0. The molecule has 0 radical (unpaired) electrons. The van der Waals surface area contributed by atoms with Crippen molar-refractivity contribution in [2.75, 3.05) is 19.6 Å². The van der Waals surface area contributed by atoms with E-state index in [1.165, 1.54) is 5.56 Å². The highest BCUT2D eigenvalue weighted by Gasteiger charge is 2.21. The van der Waals surface area contributed by atoms with Crippen molar-refractivity contribution in [3.8, 4) is 11.4 Å². The Hall–Kier alpha value is -3.12. The number of carbonyl (C=O) groups excluding carboxylic acids is 1. The summed E-state index contributed by atoms with van der Waals surface area (Å²) in [5.74, 6) is 0.911. The maximum absolute atomic E-state index is 12.5. The van der Waals surface area contributed by atoms with E-state index in [9.17, 15) is 4.79 Å². The Morgan fingerprint density at radius 2 is 1.90 bits per heavy atom. The molecule has 3 aromatic rings. The third kappa shape index (κ3) is 5.23. The first-order chi connectivity index (χ1) is 14.3. The van der Waals surface area contributed by atoms with Crippen molar-refractivity contribution in [1.29, 1.82) is 0 Å². The van der Waals surface area contributed by atoms with E-state index < -0.39 is 0 Å². The van der Waals surface area contributed by atoms with Gasteiger partial charge in [0.2, 0.25) is 0 Å². The van der Waals surface area contributed by atoms with Crippen LogP contribution in [0.2, 0.25) is 0 Å². The monoisotopic (exact) mass is 387 g/mol. The standard InChI is InChI=1S/C23H25N5O/c29-23(21-14-25-22(26-15-21)20-9-4-10-24-13-20)27-12-19-8-5-11-28(17-19)16-18-6-2-1-3-7-18/h1-4,6-7,9-10,13-15,19H,5,8,11-12,16-17H2,(H,27,29)/t19-/m1/s1. The minimum Gasteiger partial charge on any atom is -0.352 e. The van der Waals surface area contributed by atoms with Crippen LogP contribution in [0.1, 0.15) is 28.8 Å². The molecule has 1 aromatic carbocycles. The number of piperidine rings is 1. The van der Waals surface area contributed by atoms with Crippen LogP contribution in [0.5, 0.6) is 0 Å². The third-order valence-electron chi connectivity index (χ3n) is 5.24. The van der Waals surface area contributed by atoms with E-state index in [-0.39, 0.29) is 5.91 Å². The highest BCUT2D eigenvalue weighted by atomic mass is 16.1. The second-order valence-electron chi connectivity index (χ2n) is 7.48. The number of rotatable bonds is 6. The summed E-state index contributed by atoms with van der Waals surface area (Å²) in [4.78, 5) is 27.6. The number of hydrogen-bond acceptors (Lipinski definition) is 5. The number of aromatic nitrogens is 3. The molecule has 2 aromatic heterocycles. The van der Waals surface area contributed by atoms with Crippen LogP contribution in [0.25, 0.3) is 11.4 Å². The molecule has 1 saturated heterocycles. The zero-order valence-corrected chi connectivity index (χ0v) is 16.4. The van der Waals surface area contributed by atoms with Gasteiger partial charge in [0.05, 0.1) is 5.56 Å². The molecule has 1 aliphatic rings. The minimum atomic E-state index is -0.122. The van der Waals surface area contributed by atoms with Crippen molar-refractivity contribution in [3.63, 3.8) is 0 Å². The van der Waals surface area contributed by atoms with Gasteiger partial charge in [-0.25, -0.2) is 9.97 Å². The van der Waals surface area contributed by atoms with Gasteiger partial charge in [0.15, 0.2) is 5.82 Å². The van der Waals surface area contributed by atoms with Crippen LogP contribution >= 0.6 is 0 Å². The van der Waals surface area contributed by atoms with E-state index >= 15 is 0 Å². The van der Waals surface area contributed by atoms with Gasteiger partial charge in [-0.15, -0.1) is 0 Å². The number of nitrogens with one attached hydrogen (secondary N) is 1. The van der Waals surface area contributed by atoms with Gasteiger partial charge in [-0.3, -0.25) is 14.7 Å². The lowest BCUT2D eigenvalue weighted by molar-refractivity contribution is 0.0930. The first-order valence-electron chi connectivity index (χ1n) is 10.0. The number of amides is 1. The zero-order chi connectivity index (χ0) is 19.9. The SMILES string of the molecule is O=C(NC[C@H]1CCCN(Cc2ccccc2)C1)c1cnc(-c2cccnc2)nc1. The Bertz CT molecular complexity index is 915. The maximum Gasteiger partial charge on any atom is 0.254 e. The largest absolute Gasteiger partial charge is 0.352 e. The molecule has 0 bridgehead atoms. The predicted octanol–water partition coefficient (Wildman–Crippen LogP) is 3.18. The Kier molecular flexibility index (Phi) is 6.22. The van der Waals surface area contributed by atoms with Crippen LogP contribution in [0.15, 0.2) is 67.3 Å². The topological polar surface area (TPSA) is 71.0 Å². The molecule has 1 atom stereocenters. The van der Waals surface area contributed by atoms with Gasteiger partial charge >= 0.3 is 0 Å². The van der Waals surface area contributed by atoms with Crippen molar-refractivity contribution in [3.05, 3.63) is 78.4 Å². The molecule has 0 unspecified atom stereocenters. The smallest absolute Gasteiger partial charge is 0.254 e. The third-order valence-corrected chi connectivity index (χ3v) is 5.24. The Morgan fingerprint density at radius 3 is 2.66 bits per heavy atom. The average Bonchev–Trinajstić information content (AvgIpc) is 2.79. The molecule has 0 spiro atoms. The molecule has 6 heteroatoms. The molecule has 0 aliphatic carbocycles. The van der Waals surface area contributed by atoms with Gasteiger partial charge in [-0.1, -0.05) is 30.3 Å². The van der Waals surface area contributed by atoms with Crippen LogP contribution in [0, 0.1) is 5.92 Å². The molecule has 1 amide bonds. The average molecular weight is 387 g/mol. The van der Waals surface area contributed by atoms with E-state index in [4.69, 9.17) is 0 Å². The fourth-order valence-corrected chi connectivity index (χ4v) is 3.73. The van der Waals surface area contributed by atoms with Gasteiger partial charge in [0.1, 0.15) is 0 Å². The second-order valence-corrected chi connectivity index (χ2v) is 7.48. The first kappa shape index (κ1) is 19.2. The minimum absolute atomic E-state index is 0.122. The first-order valence-corrected chi connectivity index (χ1v) is 10.0. The van der Waals surface area contributed by atoms with Crippen molar-refractivity contribution >= 4 is 5.91 Å². The van der Waals surface area contributed by atoms with E-state index in [0.29, 0.717) is 23.9 Å². The van der Waals surface area contributed by atoms with Crippen molar-refractivity contribution in [2.24, 2.45) is 5.92 Å².